The van der Waals surface area contributed by atoms with Crippen molar-refractivity contribution in [1.82, 2.24) is 0 Å². The fraction of sp³-hybridized carbons (Fsp3) is 0.200. The van der Waals surface area contributed by atoms with Crippen molar-refractivity contribution in [2.24, 2.45) is 0 Å². The summed E-state index contributed by atoms with van der Waals surface area (Å²) in [6.45, 7) is 2.83. The number of halogens is 1. The van der Waals surface area contributed by atoms with E-state index in [0.717, 1.165) is 22.6 Å². The molecule has 2 aromatic carbocycles. The normalized spacial score (nSPS) is 10.3. The van der Waals surface area contributed by atoms with Crippen LogP contribution in [0.25, 0.3) is 0 Å². The van der Waals surface area contributed by atoms with E-state index >= 15 is 0 Å². The van der Waals surface area contributed by atoms with Crippen LogP contribution in [0.3, 0.4) is 0 Å². The number of hydrogen-bond acceptors (Lipinski definition) is 2. The van der Waals surface area contributed by atoms with Gasteiger partial charge in [0.15, 0.2) is 0 Å². The van der Waals surface area contributed by atoms with Crippen LogP contribution in [0.1, 0.15) is 5.56 Å². The lowest BCUT2D eigenvalue weighted by molar-refractivity contribution is 0.344. The Labute approximate surface area is 121 Å². The lowest BCUT2D eigenvalue weighted by atomic mass is 10.2. The van der Waals surface area contributed by atoms with E-state index in [1.165, 1.54) is 10.5 Å². The van der Waals surface area contributed by atoms with Crippen LogP contribution < -0.4 is 4.74 Å². The molecule has 2 rings (SSSR count). The molecule has 0 saturated heterocycles. The minimum atomic E-state index is 0.717. The molecule has 0 unspecified atom stereocenters. The molecular weight excluding hydrogens is 308 g/mol. The third kappa shape index (κ3) is 4.39. The molecule has 0 bridgehead atoms. The topological polar surface area (TPSA) is 9.23 Å². The van der Waals surface area contributed by atoms with E-state index in [1.807, 2.05) is 36.0 Å². The van der Waals surface area contributed by atoms with Gasteiger partial charge >= 0.3 is 0 Å². The van der Waals surface area contributed by atoms with Gasteiger partial charge in [-0.05, 0) is 37.3 Å². The predicted molar refractivity (Wildman–Crippen MR) is 81.5 cm³/mol. The Morgan fingerprint density at radius 3 is 2.72 bits per heavy atom. The first-order chi connectivity index (χ1) is 8.74. The Morgan fingerprint density at radius 2 is 1.94 bits per heavy atom. The molecule has 18 heavy (non-hydrogen) atoms. The van der Waals surface area contributed by atoms with Crippen molar-refractivity contribution in [3.05, 3.63) is 58.6 Å². The van der Waals surface area contributed by atoms with Gasteiger partial charge in [0.1, 0.15) is 5.75 Å². The lowest BCUT2D eigenvalue weighted by Gasteiger charge is -2.06. The molecule has 1 nitrogen and oxygen atoms in total. The summed E-state index contributed by atoms with van der Waals surface area (Å²) >= 11 is 5.25. The molecule has 0 N–H and O–H groups in total. The summed E-state index contributed by atoms with van der Waals surface area (Å²) in [5.74, 6) is 1.87. The highest BCUT2D eigenvalue weighted by Crippen LogP contribution is 2.20. The summed E-state index contributed by atoms with van der Waals surface area (Å²) in [5, 5.41) is 0. The van der Waals surface area contributed by atoms with E-state index in [2.05, 4.69) is 47.1 Å². The quantitative estimate of drug-likeness (QED) is 0.570. The Balaban J connectivity index is 1.76. The van der Waals surface area contributed by atoms with Crippen molar-refractivity contribution in [2.45, 2.75) is 11.8 Å². The molecule has 0 spiro atoms. The molecule has 0 fully saturated rings. The average Bonchev–Trinajstić information content (AvgIpc) is 2.35. The smallest absolute Gasteiger partial charge is 0.120 e. The first-order valence-corrected chi connectivity index (χ1v) is 7.60. The number of thioether (sulfide) groups is 1. The highest BCUT2D eigenvalue weighted by Gasteiger charge is 1.97. The minimum absolute atomic E-state index is 0.717. The number of hydrogen-bond donors (Lipinski definition) is 0. The molecule has 3 heteroatoms. The van der Waals surface area contributed by atoms with Crippen molar-refractivity contribution in [1.29, 1.82) is 0 Å². The second kappa shape index (κ2) is 6.86. The molecule has 94 valence electrons. The van der Waals surface area contributed by atoms with Gasteiger partial charge < -0.3 is 4.74 Å². The largest absolute Gasteiger partial charge is 0.493 e. The summed E-state index contributed by atoms with van der Waals surface area (Å²) in [4.78, 5) is 1.30. The standard InChI is InChI=1S/C15H15BrOS/c1-12-4-2-7-15(10-12)18-9-8-17-14-6-3-5-13(16)11-14/h2-7,10-11H,8-9H2,1H3. The fourth-order valence-electron chi connectivity index (χ4n) is 1.58. The van der Waals surface area contributed by atoms with E-state index in [-0.39, 0.29) is 0 Å². The zero-order valence-corrected chi connectivity index (χ0v) is 12.6. The van der Waals surface area contributed by atoms with Crippen molar-refractivity contribution >= 4 is 27.7 Å². The van der Waals surface area contributed by atoms with Crippen LogP contribution in [0.4, 0.5) is 0 Å². The van der Waals surface area contributed by atoms with Crippen LogP contribution in [0.2, 0.25) is 0 Å². The third-order valence-electron chi connectivity index (χ3n) is 2.41. The van der Waals surface area contributed by atoms with Crippen LogP contribution in [0.15, 0.2) is 57.9 Å². The van der Waals surface area contributed by atoms with E-state index < -0.39 is 0 Å². The summed E-state index contributed by atoms with van der Waals surface area (Å²) in [7, 11) is 0. The Bertz CT molecular complexity index is 466. The maximum atomic E-state index is 5.69. The van der Waals surface area contributed by atoms with Gasteiger partial charge in [-0.15, -0.1) is 11.8 Å². The number of ether oxygens (including phenoxy) is 1. The molecule has 0 atom stereocenters. The second-order valence-electron chi connectivity index (χ2n) is 3.97. The van der Waals surface area contributed by atoms with Crippen molar-refractivity contribution in [3.8, 4) is 5.75 Å². The van der Waals surface area contributed by atoms with Crippen LogP contribution >= 0.6 is 27.7 Å². The number of rotatable bonds is 5. The highest BCUT2D eigenvalue weighted by molar-refractivity contribution is 9.10. The molecule has 0 aliphatic heterocycles. The maximum Gasteiger partial charge on any atom is 0.120 e. The van der Waals surface area contributed by atoms with Crippen LogP contribution in [0, 0.1) is 6.92 Å². The van der Waals surface area contributed by atoms with E-state index in [0.29, 0.717) is 0 Å². The Morgan fingerprint density at radius 1 is 1.11 bits per heavy atom. The van der Waals surface area contributed by atoms with E-state index in [4.69, 9.17) is 4.74 Å². The fourth-order valence-corrected chi connectivity index (χ4v) is 2.81. The molecular formula is C15H15BrOS. The molecule has 0 aliphatic rings. The van der Waals surface area contributed by atoms with Crippen LogP contribution in [0.5, 0.6) is 5.75 Å². The summed E-state index contributed by atoms with van der Waals surface area (Å²) in [5.41, 5.74) is 1.30. The molecule has 0 aromatic heterocycles. The van der Waals surface area contributed by atoms with Gasteiger partial charge in [-0.3, -0.25) is 0 Å². The van der Waals surface area contributed by atoms with Gasteiger partial charge in [-0.1, -0.05) is 39.7 Å². The molecule has 2 aromatic rings. The SMILES string of the molecule is Cc1cccc(SCCOc2cccc(Br)c2)c1. The Hall–Kier alpha value is -0.930. The van der Waals surface area contributed by atoms with Crippen molar-refractivity contribution in [2.75, 3.05) is 12.4 Å². The summed E-state index contributed by atoms with van der Waals surface area (Å²) in [6.07, 6.45) is 0. The Kier molecular flexibility index (Phi) is 5.14. The van der Waals surface area contributed by atoms with Gasteiger partial charge in [-0.2, -0.15) is 0 Å². The minimum Gasteiger partial charge on any atom is -0.493 e. The molecule has 0 heterocycles. The first kappa shape index (κ1) is 13.5. The van der Waals surface area contributed by atoms with E-state index in [1.54, 1.807) is 0 Å². The predicted octanol–water partition coefficient (Wildman–Crippen LogP) is 4.93. The number of aryl methyl sites for hydroxylation is 1. The molecule has 0 radical (unpaired) electrons. The zero-order valence-electron chi connectivity index (χ0n) is 10.2. The molecule has 0 saturated carbocycles. The lowest BCUT2D eigenvalue weighted by Crippen LogP contribution is -1.99. The second-order valence-corrected chi connectivity index (χ2v) is 6.05. The van der Waals surface area contributed by atoms with Gasteiger partial charge in [0.05, 0.1) is 6.61 Å². The van der Waals surface area contributed by atoms with Gasteiger partial charge in [-0.25, -0.2) is 0 Å². The summed E-state index contributed by atoms with van der Waals surface area (Å²) < 4.78 is 6.74. The average molecular weight is 323 g/mol. The van der Waals surface area contributed by atoms with E-state index in [9.17, 15) is 0 Å². The molecule has 0 amide bonds. The summed E-state index contributed by atoms with van der Waals surface area (Å²) in [6, 6.07) is 16.5. The monoisotopic (exact) mass is 322 g/mol. The van der Waals surface area contributed by atoms with Crippen molar-refractivity contribution in [3.63, 3.8) is 0 Å². The van der Waals surface area contributed by atoms with Gasteiger partial charge in [0, 0.05) is 15.1 Å². The molecule has 0 aliphatic carbocycles. The maximum absolute atomic E-state index is 5.69. The zero-order chi connectivity index (χ0) is 12.8. The highest BCUT2D eigenvalue weighted by atomic mass is 79.9. The van der Waals surface area contributed by atoms with Gasteiger partial charge in [0.25, 0.3) is 0 Å². The van der Waals surface area contributed by atoms with Crippen molar-refractivity contribution < 1.29 is 4.74 Å². The van der Waals surface area contributed by atoms with Crippen LogP contribution in [-0.4, -0.2) is 12.4 Å². The first-order valence-electron chi connectivity index (χ1n) is 5.82. The number of benzene rings is 2. The van der Waals surface area contributed by atoms with Gasteiger partial charge in [0.2, 0.25) is 0 Å². The van der Waals surface area contributed by atoms with Crippen LogP contribution in [-0.2, 0) is 0 Å². The third-order valence-corrected chi connectivity index (χ3v) is 3.86.